The van der Waals surface area contributed by atoms with Crippen molar-refractivity contribution in [1.29, 1.82) is 0 Å². The van der Waals surface area contributed by atoms with Crippen LogP contribution in [0.2, 0.25) is 0 Å². The Hall–Kier alpha value is -0.760. The molecule has 0 aromatic heterocycles. The molecule has 1 atom stereocenters. The number of rotatable bonds is 5. The first-order valence-corrected chi connectivity index (χ1v) is 7.05. The summed E-state index contributed by atoms with van der Waals surface area (Å²) in [5, 5.41) is 0. The largest absolute Gasteiger partial charge is 0.488 e. The SMILES string of the molecule is CC=CCOc1c(Br)cccc1C(C)C1CC1. The lowest BCUT2D eigenvalue weighted by atomic mass is 9.95. The first kappa shape index (κ1) is 12.7. The second kappa shape index (κ2) is 5.72. The molecular weight excluding hydrogens is 276 g/mol. The van der Waals surface area contributed by atoms with Crippen LogP contribution in [0.15, 0.2) is 34.8 Å². The maximum Gasteiger partial charge on any atom is 0.137 e. The van der Waals surface area contributed by atoms with Gasteiger partial charge in [0.15, 0.2) is 0 Å². The molecule has 0 amide bonds. The topological polar surface area (TPSA) is 9.23 Å². The number of para-hydroxylation sites is 1. The molecule has 0 radical (unpaired) electrons. The number of allylic oxidation sites excluding steroid dienone is 1. The molecule has 0 saturated heterocycles. The van der Waals surface area contributed by atoms with Crippen LogP contribution in [0.4, 0.5) is 0 Å². The minimum absolute atomic E-state index is 0.605. The molecule has 1 unspecified atom stereocenters. The summed E-state index contributed by atoms with van der Waals surface area (Å²) in [4.78, 5) is 0. The van der Waals surface area contributed by atoms with Crippen molar-refractivity contribution in [3.8, 4) is 5.75 Å². The second-order valence-electron chi connectivity index (χ2n) is 4.66. The van der Waals surface area contributed by atoms with Gasteiger partial charge in [0.05, 0.1) is 4.47 Å². The van der Waals surface area contributed by atoms with E-state index in [2.05, 4.69) is 35.0 Å². The lowest BCUT2D eigenvalue weighted by Gasteiger charge is -2.17. The summed E-state index contributed by atoms with van der Waals surface area (Å²) < 4.78 is 6.94. The highest BCUT2D eigenvalue weighted by atomic mass is 79.9. The standard InChI is InChI=1S/C15H19BrO/c1-3-4-10-17-15-13(6-5-7-14(15)16)11(2)12-8-9-12/h3-7,11-12H,8-10H2,1-2H3. The van der Waals surface area contributed by atoms with Gasteiger partial charge in [0.2, 0.25) is 0 Å². The van der Waals surface area contributed by atoms with Crippen molar-refractivity contribution in [2.45, 2.75) is 32.6 Å². The van der Waals surface area contributed by atoms with E-state index >= 15 is 0 Å². The lowest BCUT2D eigenvalue weighted by Crippen LogP contribution is -2.03. The van der Waals surface area contributed by atoms with Gasteiger partial charge in [-0.15, -0.1) is 0 Å². The van der Waals surface area contributed by atoms with Gasteiger partial charge in [-0.05, 0) is 59.2 Å². The highest BCUT2D eigenvalue weighted by molar-refractivity contribution is 9.10. The van der Waals surface area contributed by atoms with Gasteiger partial charge in [-0.25, -0.2) is 0 Å². The van der Waals surface area contributed by atoms with E-state index in [1.165, 1.54) is 18.4 Å². The van der Waals surface area contributed by atoms with Crippen LogP contribution >= 0.6 is 15.9 Å². The number of hydrogen-bond donors (Lipinski definition) is 0. The van der Waals surface area contributed by atoms with Crippen molar-refractivity contribution in [2.75, 3.05) is 6.61 Å². The molecule has 1 aliphatic carbocycles. The Morgan fingerprint density at radius 1 is 1.47 bits per heavy atom. The number of benzene rings is 1. The lowest BCUT2D eigenvalue weighted by molar-refractivity contribution is 0.352. The van der Waals surface area contributed by atoms with Crippen molar-refractivity contribution < 1.29 is 4.74 Å². The molecule has 1 saturated carbocycles. The van der Waals surface area contributed by atoms with Crippen LogP contribution in [-0.2, 0) is 0 Å². The predicted molar refractivity (Wildman–Crippen MR) is 75.6 cm³/mol. The van der Waals surface area contributed by atoms with E-state index in [4.69, 9.17) is 4.74 Å². The third-order valence-electron chi connectivity index (χ3n) is 3.38. The smallest absolute Gasteiger partial charge is 0.137 e. The van der Waals surface area contributed by atoms with Crippen LogP contribution < -0.4 is 4.74 Å². The van der Waals surface area contributed by atoms with Gasteiger partial charge >= 0.3 is 0 Å². The van der Waals surface area contributed by atoms with Gasteiger partial charge in [-0.2, -0.15) is 0 Å². The summed E-state index contributed by atoms with van der Waals surface area (Å²) in [5.74, 6) is 2.48. The molecule has 0 heterocycles. The summed E-state index contributed by atoms with van der Waals surface area (Å²) in [7, 11) is 0. The molecule has 0 N–H and O–H groups in total. The molecule has 1 aliphatic rings. The van der Waals surface area contributed by atoms with E-state index in [9.17, 15) is 0 Å². The summed E-state index contributed by atoms with van der Waals surface area (Å²) in [6.45, 7) is 4.96. The molecule has 1 aromatic rings. The first-order valence-electron chi connectivity index (χ1n) is 6.26. The minimum Gasteiger partial charge on any atom is -0.488 e. The molecule has 0 bridgehead atoms. The normalized spacial score (nSPS) is 17.4. The monoisotopic (exact) mass is 294 g/mol. The molecule has 0 spiro atoms. The van der Waals surface area contributed by atoms with Gasteiger partial charge in [-0.3, -0.25) is 0 Å². The molecular formula is C15H19BrO. The Labute approximate surface area is 112 Å². The summed E-state index contributed by atoms with van der Waals surface area (Å²) >= 11 is 3.59. The van der Waals surface area contributed by atoms with Crippen LogP contribution in [0, 0.1) is 5.92 Å². The Kier molecular flexibility index (Phi) is 4.27. The third-order valence-corrected chi connectivity index (χ3v) is 4.00. The van der Waals surface area contributed by atoms with Crippen molar-refractivity contribution in [3.05, 3.63) is 40.4 Å². The molecule has 1 fully saturated rings. The second-order valence-corrected chi connectivity index (χ2v) is 5.52. The molecule has 17 heavy (non-hydrogen) atoms. The highest BCUT2D eigenvalue weighted by Gasteiger charge is 2.30. The van der Waals surface area contributed by atoms with Crippen LogP contribution in [0.5, 0.6) is 5.75 Å². The van der Waals surface area contributed by atoms with Gasteiger partial charge in [0.1, 0.15) is 12.4 Å². The fourth-order valence-electron chi connectivity index (χ4n) is 2.11. The summed E-state index contributed by atoms with van der Waals surface area (Å²) in [5.41, 5.74) is 1.34. The van der Waals surface area contributed by atoms with Crippen LogP contribution in [-0.4, -0.2) is 6.61 Å². The Balaban J connectivity index is 2.20. The predicted octanol–water partition coefficient (Wildman–Crippen LogP) is 4.92. The fourth-order valence-corrected chi connectivity index (χ4v) is 2.61. The van der Waals surface area contributed by atoms with E-state index in [-0.39, 0.29) is 0 Å². The van der Waals surface area contributed by atoms with E-state index in [1.54, 1.807) is 0 Å². The molecule has 92 valence electrons. The third kappa shape index (κ3) is 3.12. The zero-order valence-electron chi connectivity index (χ0n) is 10.4. The summed E-state index contributed by atoms with van der Waals surface area (Å²) in [6, 6.07) is 6.34. The van der Waals surface area contributed by atoms with E-state index in [0.717, 1.165) is 16.1 Å². The fraction of sp³-hybridized carbons (Fsp3) is 0.467. The van der Waals surface area contributed by atoms with Crippen LogP contribution in [0.25, 0.3) is 0 Å². The zero-order chi connectivity index (χ0) is 12.3. The first-order chi connectivity index (χ1) is 8.24. The number of halogens is 1. The van der Waals surface area contributed by atoms with Gasteiger partial charge < -0.3 is 4.74 Å². The number of hydrogen-bond acceptors (Lipinski definition) is 1. The Morgan fingerprint density at radius 3 is 2.88 bits per heavy atom. The number of ether oxygens (including phenoxy) is 1. The minimum atomic E-state index is 0.605. The molecule has 2 rings (SSSR count). The summed E-state index contributed by atoms with van der Waals surface area (Å²) in [6.07, 6.45) is 6.77. The van der Waals surface area contributed by atoms with Crippen molar-refractivity contribution in [3.63, 3.8) is 0 Å². The maximum atomic E-state index is 5.87. The van der Waals surface area contributed by atoms with Gasteiger partial charge in [-0.1, -0.05) is 31.2 Å². The maximum absolute atomic E-state index is 5.87. The Morgan fingerprint density at radius 2 is 2.24 bits per heavy atom. The van der Waals surface area contributed by atoms with Crippen LogP contribution in [0.1, 0.15) is 38.2 Å². The molecule has 1 aromatic carbocycles. The van der Waals surface area contributed by atoms with E-state index in [0.29, 0.717) is 12.5 Å². The van der Waals surface area contributed by atoms with E-state index < -0.39 is 0 Å². The zero-order valence-corrected chi connectivity index (χ0v) is 12.0. The Bertz CT molecular complexity index is 407. The van der Waals surface area contributed by atoms with Crippen molar-refractivity contribution in [1.82, 2.24) is 0 Å². The quantitative estimate of drug-likeness (QED) is 0.701. The van der Waals surface area contributed by atoms with Crippen molar-refractivity contribution >= 4 is 15.9 Å². The van der Waals surface area contributed by atoms with Crippen LogP contribution in [0.3, 0.4) is 0 Å². The van der Waals surface area contributed by atoms with Gasteiger partial charge in [0, 0.05) is 0 Å². The van der Waals surface area contributed by atoms with Gasteiger partial charge in [0.25, 0.3) is 0 Å². The average Bonchev–Trinajstić information content (AvgIpc) is 3.14. The van der Waals surface area contributed by atoms with Crippen molar-refractivity contribution in [2.24, 2.45) is 5.92 Å². The molecule has 1 nitrogen and oxygen atoms in total. The molecule has 2 heteroatoms. The average molecular weight is 295 g/mol. The highest BCUT2D eigenvalue weighted by Crippen LogP contribution is 2.46. The molecule has 0 aliphatic heterocycles. The van der Waals surface area contributed by atoms with E-state index in [1.807, 2.05) is 25.1 Å².